The number of hydrogen-bond acceptors (Lipinski definition) is 8. The maximum Gasteiger partial charge on any atom is 0.356 e. The molecule has 0 saturated heterocycles. The van der Waals surface area contributed by atoms with E-state index in [1.54, 1.807) is 24.6 Å². The molecule has 0 aromatic carbocycles. The van der Waals surface area contributed by atoms with Crippen LogP contribution in [-0.2, 0) is 24.8 Å². The molecule has 0 atom stereocenters. The molecule has 9 nitrogen and oxygen atoms in total. The Balaban J connectivity index is 0.00000139. The van der Waals surface area contributed by atoms with Crippen molar-refractivity contribution in [2.75, 3.05) is 31.9 Å². The lowest BCUT2D eigenvalue weighted by atomic mass is 10.3. The first-order valence-electron chi connectivity index (χ1n) is 7.98. The second kappa shape index (κ2) is 10.4. The number of anilines is 1. The lowest BCUT2D eigenvalue weighted by molar-refractivity contribution is 0.133. The van der Waals surface area contributed by atoms with Gasteiger partial charge >= 0.3 is 7.60 Å². The van der Waals surface area contributed by atoms with Crippen LogP contribution in [0.1, 0.15) is 33.4 Å². The SMILES string of the molecule is CC.CCOP(=O)(COCCc1cnc2c(N)ncnn12)OCC. The highest BCUT2D eigenvalue weighted by Gasteiger charge is 2.23. The summed E-state index contributed by atoms with van der Waals surface area (Å²) < 4.78 is 29.5. The molecule has 136 valence electrons. The molecule has 0 bridgehead atoms. The number of nitrogen functional groups attached to an aromatic ring is 1. The van der Waals surface area contributed by atoms with Crippen LogP contribution in [0.4, 0.5) is 5.82 Å². The van der Waals surface area contributed by atoms with Crippen LogP contribution in [0.15, 0.2) is 12.5 Å². The molecule has 0 saturated carbocycles. The average Bonchev–Trinajstić information content (AvgIpc) is 2.99. The number of imidazole rings is 1. The number of ether oxygens (including phenoxy) is 1. The maximum atomic E-state index is 12.2. The molecule has 0 aliphatic heterocycles. The van der Waals surface area contributed by atoms with Gasteiger partial charge in [-0.2, -0.15) is 5.10 Å². The highest BCUT2D eigenvalue weighted by atomic mass is 31.2. The highest BCUT2D eigenvalue weighted by molar-refractivity contribution is 7.53. The first-order chi connectivity index (χ1) is 11.6. The summed E-state index contributed by atoms with van der Waals surface area (Å²) in [6, 6.07) is 0. The van der Waals surface area contributed by atoms with Gasteiger partial charge in [-0.15, -0.1) is 0 Å². The molecule has 2 aromatic heterocycles. The van der Waals surface area contributed by atoms with Crippen molar-refractivity contribution in [1.29, 1.82) is 0 Å². The van der Waals surface area contributed by atoms with Crippen molar-refractivity contribution >= 4 is 19.1 Å². The van der Waals surface area contributed by atoms with Gasteiger partial charge < -0.3 is 19.5 Å². The van der Waals surface area contributed by atoms with E-state index < -0.39 is 7.60 Å². The van der Waals surface area contributed by atoms with Crippen LogP contribution in [0.25, 0.3) is 5.65 Å². The minimum Gasteiger partial charge on any atom is -0.381 e. The largest absolute Gasteiger partial charge is 0.381 e. The van der Waals surface area contributed by atoms with E-state index in [1.165, 1.54) is 6.33 Å². The number of fused-ring (bicyclic) bond motifs is 1. The lowest BCUT2D eigenvalue weighted by Crippen LogP contribution is -2.08. The third kappa shape index (κ3) is 5.52. The number of rotatable bonds is 9. The van der Waals surface area contributed by atoms with Crippen LogP contribution in [-0.4, -0.2) is 45.8 Å². The molecule has 0 fully saturated rings. The molecule has 2 rings (SSSR count). The Morgan fingerprint density at radius 1 is 1.21 bits per heavy atom. The fraction of sp³-hybridized carbons (Fsp3) is 0.643. The normalized spacial score (nSPS) is 11.3. The van der Waals surface area contributed by atoms with E-state index in [1.807, 2.05) is 13.8 Å². The fourth-order valence-electron chi connectivity index (χ4n) is 1.91. The molecule has 0 amide bonds. The third-order valence-corrected chi connectivity index (χ3v) is 4.61. The minimum atomic E-state index is -3.17. The average molecular weight is 359 g/mol. The Hall–Kier alpha value is -1.54. The smallest absolute Gasteiger partial charge is 0.356 e. The van der Waals surface area contributed by atoms with Gasteiger partial charge in [0.25, 0.3) is 0 Å². The summed E-state index contributed by atoms with van der Waals surface area (Å²) in [5.74, 6) is 0.319. The van der Waals surface area contributed by atoms with Crippen LogP contribution < -0.4 is 5.73 Å². The van der Waals surface area contributed by atoms with Gasteiger partial charge in [0.05, 0.1) is 31.7 Å². The van der Waals surface area contributed by atoms with E-state index in [0.717, 1.165) is 5.69 Å². The molecule has 24 heavy (non-hydrogen) atoms. The summed E-state index contributed by atoms with van der Waals surface area (Å²) in [4.78, 5) is 8.03. The van der Waals surface area contributed by atoms with Gasteiger partial charge in [-0.1, -0.05) is 13.8 Å². The van der Waals surface area contributed by atoms with Gasteiger partial charge in [-0.05, 0) is 13.8 Å². The Kier molecular flexibility index (Phi) is 8.84. The number of hydrogen-bond donors (Lipinski definition) is 1. The molecule has 0 aliphatic carbocycles. The molecular formula is C14H26N5O4P. The summed E-state index contributed by atoms with van der Waals surface area (Å²) >= 11 is 0. The molecule has 2 heterocycles. The highest BCUT2D eigenvalue weighted by Crippen LogP contribution is 2.47. The van der Waals surface area contributed by atoms with Gasteiger partial charge in [-0.25, -0.2) is 14.5 Å². The third-order valence-electron chi connectivity index (χ3n) is 2.81. The lowest BCUT2D eigenvalue weighted by Gasteiger charge is -2.16. The van der Waals surface area contributed by atoms with Gasteiger partial charge in [-0.3, -0.25) is 4.57 Å². The van der Waals surface area contributed by atoms with Crippen molar-refractivity contribution in [3.8, 4) is 0 Å². The van der Waals surface area contributed by atoms with Crippen molar-refractivity contribution in [1.82, 2.24) is 19.6 Å². The van der Waals surface area contributed by atoms with Crippen LogP contribution in [0.5, 0.6) is 0 Å². The number of nitrogens with two attached hydrogens (primary N) is 1. The van der Waals surface area contributed by atoms with Crippen molar-refractivity contribution in [2.45, 2.75) is 34.1 Å². The quantitative estimate of drug-likeness (QED) is 0.536. The monoisotopic (exact) mass is 359 g/mol. The van der Waals surface area contributed by atoms with Gasteiger partial charge in [0, 0.05) is 6.42 Å². The molecular weight excluding hydrogens is 333 g/mol. The molecule has 0 radical (unpaired) electrons. The zero-order chi connectivity index (χ0) is 18.0. The van der Waals surface area contributed by atoms with E-state index in [2.05, 4.69) is 15.1 Å². The Bertz CT molecular complexity index is 654. The summed E-state index contributed by atoms with van der Waals surface area (Å²) in [6.07, 6.45) is 3.49. The summed E-state index contributed by atoms with van der Waals surface area (Å²) in [5, 5.41) is 4.09. The van der Waals surface area contributed by atoms with Crippen LogP contribution in [0.2, 0.25) is 0 Å². The fourth-order valence-corrected chi connectivity index (χ4v) is 3.27. The summed E-state index contributed by atoms with van der Waals surface area (Å²) in [7, 11) is -3.17. The van der Waals surface area contributed by atoms with Crippen LogP contribution in [0.3, 0.4) is 0 Å². The molecule has 10 heteroatoms. The molecule has 2 aromatic rings. The van der Waals surface area contributed by atoms with Crippen molar-refractivity contribution in [3.63, 3.8) is 0 Å². The molecule has 0 aliphatic rings. The maximum absolute atomic E-state index is 12.2. The number of aromatic nitrogens is 4. The van der Waals surface area contributed by atoms with Crippen molar-refractivity contribution < 1.29 is 18.3 Å². The van der Waals surface area contributed by atoms with E-state index in [-0.39, 0.29) is 6.35 Å². The topological polar surface area (TPSA) is 114 Å². The zero-order valence-corrected chi connectivity index (χ0v) is 15.5. The van der Waals surface area contributed by atoms with Crippen LogP contribution >= 0.6 is 7.60 Å². The zero-order valence-electron chi connectivity index (χ0n) is 14.6. The van der Waals surface area contributed by atoms with E-state index in [4.69, 9.17) is 19.5 Å². The van der Waals surface area contributed by atoms with Gasteiger partial charge in [0.1, 0.15) is 12.7 Å². The van der Waals surface area contributed by atoms with E-state index in [0.29, 0.717) is 37.7 Å². The summed E-state index contributed by atoms with van der Waals surface area (Å²) in [6.45, 7) is 8.47. The van der Waals surface area contributed by atoms with Crippen LogP contribution in [0, 0.1) is 0 Å². The molecule has 2 N–H and O–H groups in total. The predicted molar refractivity (Wildman–Crippen MR) is 91.9 cm³/mol. The van der Waals surface area contributed by atoms with E-state index in [9.17, 15) is 4.57 Å². The standard InChI is InChI=1S/C12H20N5O4P.C2H6/c1-3-20-22(18,21-4-2)9-19-6-5-10-7-14-12-11(13)15-8-16-17(10)12;1-2/h7-8H,3-6,9H2,1-2H3,(H2,13,15,16);1-2H3. The minimum absolute atomic E-state index is 0.0808. The summed E-state index contributed by atoms with van der Waals surface area (Å²) in [5.41, 5.74) is 7.04. The van der Waals surface area contributed by atoms with E-state index >= 15 is 0 Å². The Morgan fingerprint density at radius 2 is 1.88 bits per heavy atom. The van der Waals surface area contributed by atoms with Gasteiger partial charge in [0.15, 0.2) is 11.5 Å². The Labute approximate surface area is 142 Å². The number of nitrogens with zero attached hydrogens (tertiary/aromatic N) is 4. The van der Waals surface area contributed by atoms with Crippen molar-refractivity contribution in [3.05, 3.63) is 18.2 Å². The van der Waals surface area contributed by atoms with Gasteiger partial charge in [0.2, 0.25) is 0 Å². The second-order valence-corrected chi connectivity index (χ2v) is 6.36. The second-order valence-electron chi connectivity index (χ2n) is 4.36. The van der Waals surface area contributed by atoms with Crippen molar-refractivity contribution in [2.24, 2.45) is 0 Å². The Morgan fingerprint density at radius 3 is 2.50 bits per heavy atom. The first-order valence-corrected chi connectivity index (χ1v) is 9.71. The molecule has 0 spiro atoms. The first kappa shape index (κ1) is 20.5. The predicted octanol–water partition coefficient (Wildman–Crippen LogP) is 2.52. The molecule has 0 unspecified atom stereocenters.